The Morgan fingerprint density at radius 3 is 2.82 bits per heavy atom. The number of fused-ring (bicyclic) bond motifs is 1. The summed E-state index contributed by atoms with van der Waals surface area (Å²) in [4.78, 5) is 4.30. The summed E-state index contributed by atoms with van der Waals surface area (Å²) in [5.74, 6) is 0. The zero-order valence-corrected chi connectivity index (χ0v) is 10.2. The highest BCUT2D eigenvalue weighted by Crippen LogP contribution is 2.22. The van der Waals surface area contributed by atoms with E-state index in [-0.39, 0.29) is 5.25 Å². The van der Waals surface area contributed by atoms with Crippen molar-refractivity contribution in [2.75, 3.05) is 13.1 Å². The van der Waals surface area contributed by atoms with Gasteiger partial charge in [-0.15, -0.1) is 0 Å². The van der Waals surface area contributed by atoms with Gasteiger partial charge in [-0.25, -0.2) is 9.19 Å². The minimum atomic E-state index is -1.12. The lowest BCUT2D eigenvalue weighted by molar-refractivity contribution is 0.463. The Bertz CT molecular complexity index is 513. The molecule has 0 amide bonds. The summed E-state index contributed by atoms with van der Waals surface area (Å²) in [6.07, 6.45) is 1.84. The zero-order chi connectivity index (χ0) is 11.7. The molecule has 0 saturated carbocycles. The van der Waals surface area contributed by atoms with E-state index in [9.17, 15) is 4.21 Å². The van der Waals surface area contributed by atoms with Crippen molar-refractivity contribution in [3.63, 3.8) is 0 Å². The van der Waals surface area contributed by atoms with Crippen LogP contribution in [0.1, 0.15) is 12.8 Å². The zero-order valence-electron chi connectivity index (χ0n) is 9.39. The maximum Gasteiger partial charge on any atom is 0.288 e. The normalized spacial score (nSPS) is 19.5. The van der Waals surface area contributed by atoms with Crippen LogP contribution in [-0.2, 0) is 10.8 Å². The molecule has 2 heterocycles. The van der Waals surface area contributed by atoms with E-state index in [2.05, 4.69) is 10.3 Å². The largest absolute Gasteiger partial charge is 0.430 e. The summed E-state index contributed by atoms with van der Waals surface area (Å²) < 4.78 is 17.8. The monoisotopic (exact) mass is 250 g/mol. The Morgan fingerprint density at radius 1 is 1.29 bits per heavy atom. The average molecular weight is 250 g/mol. The lowest BCUT2D eigenvalue weighted by atomic mass is 10.2. The minimum absolute atomic E-state index is 0.171. The molecule has 1 atom stereocenters. The maximum atomic E-state index is 12.3. The van der Waals surface area contributed by atoms with Crippen LogP contribution in [0.15, 0.2) is 33.9 Å². The molecule has 0 spiro atoms. The molecule has 0 radical (unpaired) electrons. The summed E-state index contributed by atoms with van der Waals surface area (Å²) in [5.41, 5.74) is 1.49. The van der Waals surface area contributed by atoms with Crippen LogP contribution in [-0.4, -0.2) is 27.5 Å². The van der Waals surface area contributed by atoms with Crippen molar-refractivity contribution in [3.05, 3.63) is 24.3 Å². The second-order valence-corrected chi connectivity index (χ2v) is 5.80. The van der Waals surface area contributed by atoms with E-state index in [0.717, 1.165) is 31.4 Å². The number of para-hydroxylation sites is 2. The number of aromatic nitrogens is 1. The van der Waals surface area contributed by atoms with Crippen LogP contribution in [0.5, 0.6) is 0 Å². The Kier molecular flexibility index (Phi) is 2.94. The number of benzene rings is 1. The fourth-order valence-electron chi connectivity index (χ4n) is 2.09. The van der Waals surface area contributed by atoms with Crippen molar-refractivity contribution in [3.8, 4) is 0 Å². The van der Waals surface area contributed by atoms with Crippen LogP contribution < -0.4 is 5.32 Å². The van der Waals surface area contributed by atoms with Gasteiger partial charge in [0, 0.05) is 5.25 Å². The number of oxazole rings is 1. The molecule has 3 rings (SSSR count). The highest BCUT2D eigenvalue weighted by Gasteiger charge is 2.24. The molecule has 1 saturated heterocycles. The van der Waals surface area contributed by atoms with Gasteiger partial charge in [0.1, 0.15) is 16.3 Å². The van der Waals surface area contributed by atoms with Gasteiger partial charge < -0.3 is 9.73 Å². The molecular weight excluding hydrogens is 236 g/mol. The van der Waals surface area contributed by atoms with Gasteiger partial charge in [-0.05, 0) is 38.1 Å². The van der Waals surface area contributed by atoms with E-state index in [1.165, 1.54) is 0 Å². The van der Waals surface area contributed by atoms with Crippen LogP contribution in [0, 0.1) is 0 Å². The highest BCUT2D eigenvalue weighted by molar-refractivity contribution is 7.85. The van der Waals surface area contributed by atoms with Gasteiger partial charge in [0.05, 0.1) is 0 Å². The molecule has 0 bridgehead atoms. The van der Waals surface area contributed by atoms with Crippen molar-refractivity contribution in [1.29, 1.82) is 0 Å². The van der Waals surface area contributed by atoms with Gasteiger partial charge in [-0.3, -0.25) is 0 Å². The molecule has 1 fully saturated rings. The number of hydrogen-bond acceptors (Lipinski definition) is 4. The molecular formula is C12H14N2O2S. The molecule has 2 aromatic rings. The fraction of sp³-hybridized carbons (Fsp3) is 0.417. The third-order valence-corrected chi connectivity index (χ3v) is 4.63. The summed E-state index contributed by atoms with van der Waals surface area (Å²) in [7, 11) is -1.12. The van der Waals surface area contributed by atoms with Crippen LogP contribution in [0.2, 0.25) is 0 Å². The molecule has 1 aliphatic rings. The summed E-state index contributed by atoms with van der Waals surface area (Å²) in [6.45, 7) is 1.85. The van der Waals surface area contributed by atoms with E-state index in [0.29, 0.717) is 10.8 Å². The van der Waals surface area contributed by atoms with Gasteiger partial charge in [0.2, 0.25) is 0 Å². The van der Waals surface area contributed by atoms with Gasteiger partial charge in [-0.2, -0.15) is 0 Å². The number of nitrogens with one attached hydrogen (secondary N) is 1. The van der Waals surface area contributed by atoms with Gasteiger partial charge in [-0.1, -0.05) is 12.1 Å². The molecule has 1 N–H and O–H groups in total. The molecule has 5 heteroatoms. The van der Waals surface area contributed by atoms with Crippen molar-refractivity contribution < 1.29 is 8.63 Å². The van der Waals surface area contributed by atoms with Crippen molar-refractivity contribution in [2.24, 2.45) is 0 Å². The maximum absolute atomic E-state index is 12.3. The highest BCUT2D eigenvalue weighted by atomic mass is 32.2. The van der Waals surface area contributed by atoms with Crippen molar-refractivity contribution in [2.45, 2.75) is 23.3 Å². The Morgan fingerprint density at radius 2 is 2.06 bits per heavy atom. The van der Waals surface area contributed by atoms with Crippen molar-refractivity contribution in [1.82, 2.24) is 10.3 Å². The molecule has 4 nitrogen and oxygen atoms in total. The number of nitrogens with zero attached hydrogens (tertiary/aromatic N) is 1. The lowest BCUT2D eigenvalue weighted by Crippen LogP contribution is -2.33. The summed E-state index contributed by atoms with van der Waals surface area (Å²) in [5, 5.41) is 3.81. The summed E-state index contributed by atoms with van der Waals surface area (Å²) in [6, 6.07) is 7.53. The minimum Gasteiger partial charge on any atom is -0.430 e. The third-order valence-electron chi connectivity index (χ3n) is 3.04. The SMILES string of the molecule is O=S(c1nc2ccccc2o1)C1CCNCC1. The van der Waals surface area contributed by atoms with Crippen LogP contribution in [0.4, 0.5) is 0 Å². The smallest absolute Gasteiger partial charge is 0.288 e. The predicted molar refractivity (Wildman–Crippen MR) is 66.3 cm³/mol. The number of piperidine rings is 1. The van der Waals surface area contributed by atoms with Crippen LogP contribution in [0.25, 0.3) is 11.1 Å². The Labute approximate surface area is 102 Å². The number of rotatable bonds is 2. The Hall–Kier alpha value is -1.20. The van der Waals surface area contributed by atoms with E-state index < -0.39 is 10.8 Å². The first-order valence-corrected chi connectivity index (χ1v) is 7.03. The van der Waals surface area contributed by atoms with Gasteiger partial charge in [0.15, 0.2) is 5.58 Å². The summed E-state index contributed by atoms with van der Waals surface area (Å²) >= 11 is 0. The number of hydrogen-bond donors (Lipinski definition) is 1. The molecule has 1 unspecified atom stereocenters. The molecule has 1 aliphatic heterocycles. The van der Waals surface area contributed by atoms with Gasteiger partial charge >= 0.3 is 0 Å². The third kappa shape index (κ3) is 2.12. The molecule has 17 heavy (non-hydrogen) atoms. The fourth-order valence-corrected chi connectivity index (χ4v) is 3.40. The van der Waals surface area contributed by atoms with Crippen LogP contribution in [0.3, 0.4) is 0 Å². The first kappa shape index (κ1) is 10.9. The van der Waals surface area contributed by atoms with E-state index in [1.54, 1.807) is 0 Å². The standard InChI is InChI=1S/C12H14N2O2S/c15-17(9-5-7-13-8-6-9)12-14-10-3-1-2-4-11(10)16-12/h1-4,9,13H,5-8H2. The molecule has 0 aliphatic carbocycles. The second kappa shape index (κ2) is 4.58. The second-order valence-electron chi connectivity index (χ2n) is 4.19. The first-order valence-electron chi connectivity index (χ1n) is 5.81. The van der Waals surface area contributed by atoms with E-state index in [1.807, 2.05) is 24.3 Å². The van der Waals surface area contributed by atoms with Crippen LogP contribution >= 0.6 is 0 Å². The first-order chi connectivity index (χ1) is 8.34. The molecule has 90 valence electrons. The topological polar surface area (TPSA) is 55.1 Å². The predicted octanol–water partition coefficient (Wildman–Crippen LogP) is 1.69. The quantitative estimate of drug-likeness (QED) is 0.881. The average Bonchev–Trinajstić information content (AvgIpc) is 2.82. The molecule has 1 aromatic carbocycles. The van der Waals surface area contributed by atoms with Crippen molar-refractivity contribution >= 4 is 21.9 Å². The van der Waals surface area contributed by atoms with E-state index >= 15 is 0 Å². The van der Waals surface area contributed by atoms with E-state index in [4.69, 9.17) is 4.42 Å². The molecule has 1 aromatic heterocycles. The van der Waals surface area contributed by atoms with Gasteiger partial charge in [0.25, 0.3) is 5.22 Å². The lowest BCUT2D eigenvalue weighted by Gasteiger charge is -2.20. The Balaban J connectivity index is 1.89.